The molecule has 0 spiro atoms. The molecule has 0 saturated carbocycles. The van der Waals surface area contributed by atoms with Crippen LogP contribution in [0.3, 0.4) is 0 Å². The zero-order valence-corrected chi connectivity index (χ0v) is 21.4. The lowest BCUT2D eigenvalue weighted by atomic mass is 9.95. The van der Waals surface area contributed by atoms with Crippen LogP contribution in [0.5, 0.6) is 23.0 Å². The van der Waals surface area contributed by atoms with Gasteiger partial charge in [0.05, 0.1) is 18.1 Å². The van der Waals surface area contributed by atoms with Crippen molar-refractivity contribution in [2.24, 2.45) is 0 Å². The van der Waals surface area contributed by atoms with E-state index in [1.807, 2.05) is 6.07 Å². The molecule has 2 aliphatic heterocycles. The van der Waals surface area contributed by atoms with E-state index < -0.39 is 0 Å². The number of methoxy groups -OCH3 is 1. The third-order valence-corrected chi connectivity index (χ3v) is 6.99. The van der Waals surface area contributed by atoms with Crippen molar-refractivity contribution in [3.8, 4) is 34.3 Å². The minimum absolute atomic E-state index is 0. The lowest BCUT2D eigenvalue weighted by molar-refractivity contribution is -0.686. The van der Waals surface area contributed by atoms with Crippen LogP contribution in [0.4, 0.5) is 0 Å². The van der Waals surface area contributed by atoms with Gasteiger partial charge in [-0.3, -0.25) is 0 Å². The van der Waals surface area contributed by atoms with E-state index in [2.05, 4.69) is 77.5 Å². The van der Waals surface area contributed by atoms with Crippen LogP contribution in [0.15, 0.2) is 79.0 Å². The smallest absolute Gasteiger partial charge is 0.231 e. The minimum atomic E-state index is 0. The molecule has 7 rings (SSSR count). The molecular formula is C30H24BrNO4. The summed E-state index contributed by atoms with van der Waals surface area (Å²) in [7, 11) is 1.69. The van der Waals surface area contributed by atoms with E-state index >= 15 is 0 Å². The lowest BCUT2D eigenvalue weighted by Gasteiger charge is -2.18. The predicted molar refractivity (Wildman–Crippen MR) is 134 cm³/mol. The second-order valence-corrected chi connectivity index (χ2v) is 9.03. The van der Waals surface area contributed by atoms with Crippen LogP contribution >= 0.6 is 0 Å². The predicted octanol–water partition coefficient (Wildman–Crippen LogP) is 2.82. The topological polar surface area (TPSA) is 40.8 Å². The highest BCUT2D eigenvalue weighted by atomic mass is 79.9. The van der Waals surface area contributed by atoms with Crippen LogP contribution in [-0.4, -0.2) is 13.9 Å². The fourth-order valence-electron chi connectivity index (χ4n) is 5.19. The summed E-state index contributed by atoms with van der Waals surface area (Å²) in [6.07, 6.45) is 3.13. The Balaban J connectivity index is 0.00000240. The molecule has 0 amide bonds. The van der Waals surface area contributed by atoms with E-state index in [1.165, 1.54) is 27.6 Å². The second-order valence-electron chi connectivity index (χ2n) is 9.03. The summed E-state index contributed by atoms with van der Waals surface area (Å²) in [5.74, 6) is 3.15. The average molecular weight is 542 g/mol. The Morgan fingerprint density at radius 1 is 0.861 bits per heavy atom. The van der Waals surface area contributed by atoms with Crippen molar-refractivity contribution in [1.29, 1.82) is 0 Å². The molecule has 1 aromatic heterocycles. The summed E-state index contributed by atoms with van der Waals surface area (Å²) in [6, 6.07) is 25.4. The summed E-state index contributed by atoms with van der Waals surface area (Å²) in [5, 5.41) is 4.58. The highest BCUT2D eigenvalue weighted by Crippen LogP contribution is 2.41. The molecule has 0 bridgehead atoms. The maximum atomic E-state index is 6.42. The van der Waals surface area contributed by atoms with Gasteiger partial charge in [-0.05, 0) is 57.6 Å². The van der Waals surface area contributed by atoms with Crippen molar-refractivity contribution in [1.82, 2.24) is 0 Å². The maximum Gasteiger partial charge on any atom is 0.231 e. The number of pyridine rings is 1. The monoisotopic (exact) mass is 541 g/mol. The number of ether oxygens (including phenoxy) is 4. The summed E-state index contributed by atoms with van der Waals surface area (Å²) in [6.45, 7) is 1.64. The van der Waals surface area contributed by atoms with E-state index in [0.717, 1.165) is 52.3 Å². The van der Waals surface area contributed by atoms with E-state index in [1.54, 1.807) is 7.11 Å². The number of rotatable bonds is 4. The molecule has 2 aliphatic rings. The van der Waals surface area contributed by atoms with Crippen molar-refractivity contribution in [2.75, 3.05) is 13.9 Å². The van der Waals surface area contributed by atoms with Crippen LogP contribution in [0.25, 0.3) is 32.8 Å². The summed E-state index contributed by atoms with van der Waals surface area (Å²) in [4.78, 5) is 0. The van der Waals surface area contributed by atoms with Gasteiger partial charge in [-0.15, -0.1) is 0 Å². The highest BCUT2D eigenvalue weighted by molar-refractivity contribution is 5.92. The Morgan fingerprint density at radius 3 is 2.53 bits per heavy atom. The molecule has 4 aromatic carbocycles. The maximum absolute atomic E-state index is 6.42. The van der Waals surface area contributed by atoms with Gasteiger partial charge in [-0.1, -0.05) is 36.4 Å². The number of hydrogen-bond acceptors (Lipinski definition) is 4. The first-order valence-corrected chi connectivity index (χ1v) is 11.8. The van der Waals surface area contributed by atoms with E-state index in [-0.39, 0.29) is 23.8 Å². The quantitative estimate of drug-likeness (QED) is 0.328. The fourth-order valence-corrected chi connectivity index (χ4v) is 5.19. The molecule has 0 radical (unpaired) electrons. The van der Waals surface area contributed by atoms with Gasteiger partial charge in [0.15, 0.2) is 35.7 Å². The van der Waals surface area contributed by atoms with Gasteiger partial charge in [0.1, 0.15) is 6.61 Å². The Hall–Kier alpha value is -3.77. The van der Waals surface area contributed by atoms with Gasteiger partial charge in [0.2, 0.25) is 12.5 Å². The summed E-state index contributed by atoms with van der Waals surface area (Å²) in [5.41, 5.74) is 4.77. The number of benzene rings is 4. The van der Waals surface area contributed by atoms with Gasteiger partial charge in [0, 0.05) is 12.5 Å². The van der Waals surface area contributed by atoms with Crippen molar-refractivity contribution in [3.63, 3.8) is 0 Å². The van der Waals surface area contributed by atoms with E-state index in [9.17, 15) is 0 Å². The van der Waals surface area contributed by atoms with E-state index in [0.29, 0.717) is 6.61 Å². The molecule has 5 aromatic rings. The van der Waals surface area contributed by atoms with Crippen LogP contribution in [0.1, 0.15) is 11.1 Å². The molecule has 0 atom stereocenters. The first kappa shape index (κ1) is 22.7. The first-order valence-electron chi connectivity index (χ1n) is 11.8. The lowest BCUT2D eigenvalue weighted by Crippen LogP contribution is -3.00. The molecule has 3 heterocycles. The van der Waals surface area contributed by atoms with Gasteiger partial charge >= 0.3 is 0 Å². The van der Waals surface area contributed by atoms with Crippen LogP contribution in [0.2, 0.25) is 0 Å². The van der Waals surface area contributed by atoms with Gasteiger partial charge in [-0.25, -0.2) is 0 Å². The molecular weight excluding hydrogens is 518 g/mol. The normalized spacial score (nSPS) is 13.1. The molecule has 0 fully saturated rings. The van der Waals surface area contributed by atoms with Crippen LogP contribution < -0.4 is 40.5 Å². The summed E-state index contributed by atoms with van der Waals surface area (Å²) < 4.78 is 25.7. The van der Waals surface area contributed by atoms with Crippen molar-refractivity contribution in [3.05, 3.63) is 90.1 Å². The highest BCUT2D eigenvalue weighted by Gasteiger charge is 2.28. The van der Waals surface area contributed by atoms with Crippen LogP contribution in [-0.2, 0) is 19.6 Å². The van der Waals surface area contributed by atoms with Gasteiger partial charge in [-0.2, -0.15) is 4.57 Å². The van der Waals surface area contributed by atoms with Crippen molar-refractivity contribution >= 4 is 21.5 Å². The largest absolute Gasteiger partial charge is 1.00 e. The van der Waals surface area contributed by atoms with Gasteiger partial charge in [0.25, 0.3) is 0 Å². The number of halogens is 1. The molecule has 0 unspecified atom stereocenters. The van der Waals surface area contributed by atoms with E-state index in [4.69, 9.17) is 18.9 Å². The van der Waals surface area contributed by atoms with Crippen LogP contribution in [0, 0.1) is 0 Å². The SMILES string of the molecule is COc1ccc2cc3[n+](cc2c1OCc1ccc2ccccc2c1)CCc1cc2c(cc1-3)OCO2.[Br-]. The molecule has 180 valence electrons. The Bertz CT molecular complexity index is 1630. The number of hydrogen-bond donors (Lipinski definition) is 0. The number of fused-ring (bicyclic) bond motifs is 6. The molecule has 36 heavy (non-hydrogen) atoms. The minimum Gasteiger partial charge on any atom is -1.00 e. The summed E-state index contributed by atoms with van der Waals surface area (Å²) >= 11 is 0. The zero-order valence-electron chi connectivity index (χ0n) is 19.8. The molecule has 6 heteroatoms. The number of nitrogens with zero attached hydrogens (tertiary/aromatic N) is 1. The molecule has 0 aliphatic carbocycles. The van der Waals surface area contributed by atoms with Gasteiger partial charge < -0.3 is 35.9 Å². The first-order chi connectivity index (χ1) is 17.3. The van der Waals surface area contributed by atoms with Crippen molar-refractivity contribution < 1.29 is 40.5 Å². The second kappa shape index (κ2) is 9.03. The zero-order chi connectivity index (χ0) is 23.4. The van der Waals surface area contributed by atoms with Crippen molar-refractivity contribution in [2.45, 2.75) is 19.6 Å². The molecule has 0 N–H and O–H groups in total. The fraction of sp³-hybridized carbons (Fsp3) is 0.167. The Morgan fingerprint density at radius 2 is 1.67 bits per heavy atom. The number of aromatic nitrogens is 1. The average Bonchev–Trinajstić information content (AvgIpc) is 3.36. The molecule has 5 nitrogen and oxygen atoms in total. The molecule has 0 saturated heterocycles. The Kier molecular flexibility index (Phi) is 5.69. The Labute approximate surface area is 219 Å². The third-order valence-electron chi connectivity index (χ3n) is 6.99. The standard InChI is InChI=1S/C30H24NO4.BrH/c1-32-27-9-8-22-13-26-24-15-29-28(34-18-35-29)14-23(24)10-11-31(26)16-25(22)30(27)33-17-19-6-7-20-4-2-3-5-21(20)12-19;/h2-9,12-16H,10-11,17-18H2,1H3;1H/q+1;/p-1. The number of aryl methyl sites for hydroxylation is 2. The third kappa shape index (κ3) is 3.73.